The van der Waals surface area contributed by atoms with Gasteiger partial charge in [-0.15, -0.1) is 0 Å². The van der Waals surface area contributed by atoms with Gasteiger partial charge in [0.1, 0.15) is 5.69 Å². The predicted molar refractivity (Wildman–Crippen MR) is 105 cm³/mol. The van der Waals surface area contributed by atoms with Crippen LogP contribution in [0.15, 0.2) is 29.2 Å². The maximum absolute atomic E-state index is 14.6. The summed E-state index contributed by atoms with van der Waals surface area (Å²) in [6, 6.07) is 5.43. The molecule has 0 saturated carbocycles. The summed E-state index contributed by atoms with van der Waals surface area (Å²) in [4.78, 5) is 11.9. The van der Waals surface area contributed by atoms with Crippen LogP contribution in [0, 0.1) is 16.3 Å². The van der Waals surface area contributed by atoms with E-state index >= 15 is 0 Å². The number of nitrogens with zero attached hydrogens (tertiary/aromatic N) is 2. The number of halogens is 2. The van der Waals surface area contributed by atoms with Crippen LogP contribution in [0.3, 0.4) is 0 Å². The molecule has 0 unspecified atom stereocenters. The van der Waals surface area contributed by atoms with Gasteiger partial charge in [-0.05, 0) is 53.3 Å². The van der Waals surface area contributed by atoms with Gasteiger partial charge >= 0.3 is 10.2 Å². The maximum Gasteiger partial charge on any atom is 0.301 e. The number of anilines is 3. The number of aromatic nitrogens is 1. The van der Waals surface area contributed by atoms with Crippen LogP contribution >= 0.6 is 22.6 Å². The van der Waals surface area contributed by atoms with Crippen LogP contribution in [0.1, 0.15) is 5.56 Å². The van der Waals surface area contributed by atoms with Crippen LogP contribution < -0.4 is 15.6 Å². The molecule has 0 aliphatic rings. The van der Waals surface area contributed by atoms with Crippen molar-refractivity contribution in [2.45, 2.75) is 6.92 Å². The standard InChI is InChI=1S/C15H18FIN4O3S/c1-9-7-10(17)5-6-11(9)18-14-12(19-25(23,24)20(2)3)8-21(4)15(22)13(14)16/h5-8,18-19H,1-4H3. The fourth-order valence-electron chi connectivity index (χ4n) is 2.03. The molecule has 0 saturated heterocycles. The molecule has 0 amide bonds. The Morgan fingerprint density at radius 2 is 1.88 bits per heavy atom. The molecule has 2 aromatic rings. The number of pyridine rings is 1. The van der Waals surface area contributed by atoms with Gasteiger partial charge in [-0.2, -0.15) is 17.1 Å². The van der Waals surface area contributed by atoms with E-state index < -0.39 is 21.6 Å². The highest BCUT2D eigenvalue weighted by Gasteiger charge is 2.21. The number of hydrogen-bond acceptors (Lipinski definition) is 4. The van der Waals surface area contributed by atoms with E-state index in [2.05, 4.69) is 32.6 Å². The van der Waals surface area contributed by atoms with Gasteiger partial charge in [-0.25, -0.2) is 0 Å². The van der Waals surface area contributed by atoms with Gasteiger partial charge in [0.2, 0.25) is 5.82 Å². The van der Waals surface area contributed by atoms with Gasteiger partial charge in [0.15, 0.2) is 0 Å². The van der Waals surface area contributed by atoms with Gasteiger partial charge in [0.05, 0.1) is 5.69 Å². The van der Waals surface area contributed by atoms with Gasteiger partial charge in [-0.1, -0.05) is 0 Å². The van der Waals surface area contributed by atoms with Crippen molar-refractivity contribution >= 4 is 49.9 Å². The van der Waals surface area contributed by atoms with Crippen LogP contribution in [-0.4, -0.2) is 31.4 Å². The van der Waals surface area contributed by atoms with Crippen LogP contribution in [0.25, 0.3) is 0 Å². The third kappa shape index (κ3) is 4.30. The minimum atomic E-state index is -3.87. The molecule has 1 aromatic carbocycles. The van der Waals surface area contributed by atoms with Crippen molar-refractivity contribution in [2.75, 3.05) is 24.1 Å². The highest BCUT2D eigenvalue weighted by Crippen LogP contribution is 2.29. The van der Waals surface area contributed by atoms with E-state index in [4.69, 9.17) is 0 Å². The van der Waals surface area contributed by atoms with Crippen molar-refractivity contribution in [3.05, 3.63) is 49.7 Å². The van der Waals surface area contributed by atoms with E-state index in [1.54, 1.807) is 6.07 Å². The summed E-state index contributed by atoms with van der Waals surface area (Å²) in [5, 5.41) is 2.83. The molecule has 0 atom stereocenters. The second-order valence-corrected chi connectivity index (χ2v) is 8.75. The molecular formula is C15H18FIN4O3S. The molecule has 0 bridgehead atoms. The zero-order chi connectivity index (χ0) is 18.9. The Balaban J connectivity index is 2.59. The normalized spacial score (nSPS) is 11.6. The van der Waals surface area contributed by atoms with E-state index in [1.165, 1.54) is 27.3 Å². The molecule has 0 fully saturated rings. The zero-order valence-electron chi connectivity index (χ0n) is 14.1. The van der Waals surface area contributed by atoms with Crippen LogP contribution in [-0.2, 0) is 17.3 Å². The van der Waals surface area contributed by atoms with E-state index in [1.807, 2.05) is 19.1 Å². The lowest BCUT2D eigenvalue weighted by atomic mass is 10.2. The molecule has 1 aromatic heterocycles. The van der Waals surface area contributed by atoms with Crippen LogP contribution in [0.5, 0.6) is 0 Å². The number of nitrogens with one attached hydrogen (secondary N) is 2. The molecule has 136 valence electrons. The Labute approximate surface area is 159 Å². The molecular weight excluding hydrogens is 462 g/mol. The van der Waals surface area contributed by atoms with Crippen molar-refractivity contribution in [1.82, 2.24) is 8.87 Å². The number of hydrogen-bond donors (Lipinski definition) is 2. The summed E-state index contributed by atoms with van der Waals surface area (Å²) >= 11 is 2.15. The average molecular weight is 480 g/mol. The lowest BCUT2D eigenvalue weighted by Gasteiger charge is -2.19. The average Bonchev–Trinajstić information content (AvgIpc) is 2.50. The lowest BCUT2D eigenvalue weighted by Crippen LogP contribution is -2.31. The summed E-state index contributed by atoms with van der Waals surface area (Å²) in [7, 11) is 0.165. The Bertz CT molecular complexity index is 973. The third-order valence-electron chi connectivity index (χ3n) is 3.49. The molecule has 1 heterocycles. The monoisotopic (exact) mass is 480 g/mol. The first kappa shape index (κ1) is 19.7. The van der Waals surface area contributed by atoms with Gasteiger partial charge in [-0.3, -0.25) is 9.52 Å². The Morgan fingerprint density at radius 1 is 1.24 bits per heavy atom. The molecule has 2 rings (SSSR count). The first-order valence-corrected chi connectivity index (χ1v) is 9.67. The molecule has 10 heteroatoms. The number of benzene rings is 1. The van der Waals surface area contributed by atoms with Crippen molar-refractivity contribution in [2.24, 2.45) is 7.05 Å². The SMILES string of the molecule is Cc1cc(I)ccc1Nc1c(NS(=O)(=O)N(C)C)cn(C)c(=O)c1F. The molecule has 25 heavy (non-hydrogen) atoms. The zero-order valence-corrected chi connectivity index (χ0v) is 17.1. The molecule has 0 aliphatic carbocycles. The summed E-state index contributed by atoms with van der Waals surface area (Å²) in [6.45, 7) is 1.83. The van der Waals surface area contributed by atoms with Gasteiger partial charge < -0.3 is 9.88 Å². The quantitative estimate of drug-likeness (QED) is 0.645. The Hall–Kier alpha value is -1.66. The molecule has 7 nitrogen and oxygen atoms in total. The lowest BCUT2D eigenvalue weighted by molar-refractivity contribution is 0.526. The van der Waals surface area contributed by atoms with E-state index in [-0.39, 0.29) is 11.4 Å². The fourth-order valence-corrected chi connectivity index (χ4v) is 3.29. The third-order valence-corrected chi connectivity index (χ3v) is 5.60. The highest BCUT2D eigenvalue weighted by molar-refractivity contribution is 14.1. The van der Waals surface area contributed by atoms with Crippen molar-refractivity contribution in [1.29, 1.82) is 0 Å². The van der Waals surface area contributed by atoms with Gasteiger partial charge in [0, 0.05) is 36.6 Å². The Morgan fingerprint density at radius 3 is 2.44 bits per heavy atom. The summed E-state index contributed by atoms with van der Waals surface area (Å²) in [6.07, 6.45) is 1.23. The summed E-state index contributed by atoms with van der Waals surface area (Å²) in [5.74, 6) is -1.07. The molecule has 0 radical (unpaired) electrons. The van der Waals surface area contributed by atoms with Gasteiger partial charge in [0.25, 0.3) is 5.56 Å². The molecule has 2 N–H and O–H groups in total. The summed E-state index contributed by atoms with van der Waals surface area (Å²) in [5.41, 5.74) is 0.244. The summed E-state index contributed by atoms with van der Waals surface area (Å²) < 4.78 is 44.0. The number of aryl methyl sites for hydroxylation is 2. The highest BCUT2D eigenvalue weighted by atomic mass is 127. The fraction of sp³-hybridized carbons (Fsp3) is 0.267. The topological polar surface area (TPSA) is 83.4 Å². The smallest absolute Gasteiger partial charge is 0.301 e. The molecule has 0 aliphatic heterocycles. The molecule has 0 spiro atoms. The predicted octanol–water partition coefficient (Wildman–Crippen LogP) is 2.40. The van der Waals surface area contributed by atoms with E-state index in [9.17, 15) is 17.6 Å². The minimum Gasteiger partial charge on any atom is -0.351 e. The first-order valence-electron chi connectivity index (χ1n) is 7.15. The van der Waals surface area contributed by atoms with E-state index in [0.717, 1.165) is 18.0 Å². The Kier molecular flexibility index (Phi) is 5.74. The van der Waals surface area contributed by atoms with E-state index in [0.29, 0.717) is 5.69 Å². The second kappa shape index (κ2) is 7.30. The van der Waals surface area contributed by atoms with Crippen LogP contribution in [0.4, 0.5) is 21.5 Å². The van der Waals surface area contributed by atoms with Crippen molar-refractivity contribution < 1.29 is 12.8 Å². The second-order valence-electron chi connectivity index (χ2n) is 5.62. The maximum atomic E-state index is 14.6. The largest absolute Gasteiger partial charge is 0.351 e. The number of rotatable bonds is 5. The first-order chi connectivity index (χ1) is 11.5. The van der Waals surface area contributed by atoms with Crippen molar-refractivity contribution in [3.63, 3.8) is 0 Å². The minimum absolute atomic E-state index is 0.0637. The van der Waals surface area contributed by atoms with Crippen molar-refractivity contribution in [3.8, 4) is 0 Å². The van der Waals surface area contributed by atoms with Crippen LogP contribution in [0.2, 0.25) is 0 Å².